The fourth-order valence-corrected chi connectivity index (χ4v) is 4.30. The normalized spacial score (nSPS) is 14.8. The van der Waals surface area contributed by atoms with Crippen molar-refractivity contribution in [3.05, 3.63) is 0 Å². The maximum Gasteiger partial charge on any atom is 0.512 e. The summed E-state index contributed by atoms with van der Waals surface area (Å²) in [5.41, 5.74) is -24.6. The smallest absolute Gasteiger partial charge is 0.202 e. The van der Waals surface area contributed by atoms with Gasteiger partial charge in [0.2, 0.25) is 0 Å². The molecule has 27 heteroatoms. The first-order chi connectivity index (χ1) is 12.4. The Labute approximate surface area is 182 Å². The van der Waals surface area contributed by atoms with E-state index in [1.807, 2.05) is 0 Å². The second kappa shape index (κ2) is 9.94. The van der Waals surface area contributed by atoms with Crippen LogP contribution in [0.1, 0.15) is 0 Å². The van der Waals surface area contributed by atoms with Crippen LogP contribution in [-0.4, -0.2) is 55.7 Å². The van der Waals surface area contributed by atoms with Crippen molar-refractivity contribution in [1.29, 1.82) is 0 Å². The van der Waals surface area contributed by atoms with Gasteiger partial charge in [0.15, 0.2) is 0 Å². The zero-order valence-electron chi connectivity index (χ0n) is 13.0. The Morgan fingerprint density at radius 1 is 0.355 bits per heavy atom. The van der Waals surface area contributed by atoms with Crippen LogP contribution in [0.3, 0.4) is 0 Å². The van der Waals surface area contributed by atoms with E-state index < -0.39 is 70.4 Å². The second-order valence-corrected chi connectivity index (χ2v) is 11.2. The van der Waals surface area contributed by atoms with E-state index in [0.717, 1.165) is 0 Å². The summed E-state index contributed by atoms with van der Waals surface area (Å²) < 4.78 is 217. The van der Waals surface area contributed by atoms with E-state index in [0.29, 0.717) is 0 Å². The molecule has 0 rings (SSSR count). The van der Waals surface area contributed by atoms with Gasteiger partial charge in [-0.2, -0.15) is 52.7 Å². The Hall–Kier alpha value is -0.250. The van der Waals surface area contributed by atoms with E-state index in [2.05, 4.69) is 0 Å². The third-order valence-electron chi connectivity index (χ3n) is 1.66. The molecule has 0 amide bonds. The monoisotopic (exact) mass is 607 g/mol. The summed E-state index contributed by atoms with van der Waals surface area (Å²) in [4.78, 5) is 0. The standard InChI is InChI=1S/2C2HF6NO4S2.Sc/c2*3-1(4,5)14(10,11)9-15(12,13)2(6,7)8;/h2*9H;. The van der Waals surface area contributed by atoms with Gasteiger partial charge in [0.25, 0.3) is 0 Å². The van der Waals surface area contributed by atoms with Crippen molar-refractivity contribution in [2.75, 3.05) is 0 Å². The van der Waals surface area contributed by atoms with E-state index in [1.165, 1.54) is 0 Å². The summed E-state index contributed by atoms with van der Waals surface area (Å²) >= 11 is 0. The maximum absolute atomic E-state index is 11.5. The van der Waals surface area contributed by atoms with Gasteiger partial charge in [-0.1, -0.05) is 8.25 Å². The quantitative estimate of drug-likeness (QED) is 0.439. The minimum absolute atomic E-state index is 0. The van der Waals surface area contributed by atoms with Gasteiger partial charge in [0.1, 0.15) is 0 Å². The van der Waals surface area contributed by atoms with Crippen LogP contribution in [0.5, 0.6) is 0 Å². The Morgan fingerprint density at radius 3 is 0.516 bits per heavy atom. The van der Waals surface area contributed by atoms with Gasteiger partial charge < -0.3 is 0 Å². The molecule has 0 spiro atoms. The van der Waals surface area contributed by atoms with Crippen LogP contribution in [-0.2, 0) is 65.9 Å². The molecule has 0 aliphatic heterocycles. The molecule has 31 heavy (non-hydrogen) atoms. The van der Waals surface area contributed by atoms with E-state index in [1.54, 1.807) is 0 Å². The fraction of sp³-hybridized carbons (Fsp3) is 1.00. The van der Waals surface area contributed by atoms with Crippen LogP contribution in [0.15, 0.2) is 0 Å². The molecule has 0 aromatic carbocycles. The summed E-state index contributed by atoms with van der Waals surface area (Å²) in [6.45, 7) is 0. The average Bonchev–Trinajstić information content (AvgIpc) is 2.30. The van der Waals surface area contributed by atoms with Crippen molar-refractivity contribution in [3.8, 4) is 0 Å². The number of hydrogen-bond acceptors (Lipinski definition) is 8. The Kier molecular flexibility index (Phi) is 11.3. The number of nitrogens with one attached hydrogen (secondary N) is 2. The number of halogens is 12. The van der Waals surface area contributed by atoms with Crippen molar-refractivity contribution in [1.82, 2.24) is 8.25 Å². The molecule has 0 unspecified atom stereocenters. The first-order valence-corrected chi connectivity index (χ1v) is 11.2. The Morgan fingerprint density at radius 2 is 0.452 bits per heavy atom. The molecule has 187 valence electrons. The second-order valence-electron chi connectivity index (χ2n) is 3.96. The molecule has 2 N–H and O–H groups in total. The Bertz CT molecular complexity index is 862. The predicted octanol–water partition coefficient (Wildman–Crippen LogP) is 0.548. The molecule has 0 saturated heterocycles. The molecule has 0 atom stereocenters. The zero-order chi connectivity index (χ0) is 25.4. The van der Waals surface area contributed by atoms with Gasteiger partial charge >= 0.3 is 62.1 Å². The first-order valence-electron chi connectivity index (χ1n) is 5.23. The van der Waals surface area contributed by atoms with Crippen molar-refractivity contribution in [3.63, 3.8) is 0 Å². The van der Waals surface area contributed by atoms with Gasteiger partial charge in [-0.05, 0) is 0 Å². The van der Waals surface area contributed by atoms with E-state index in [9.17, 15) is 86.4 Å². The molecule has 0 aliphatic rings. The van der Waals surface area contributed by atoms with Crippen molar-refractivity contribution in [2.24, 2.45) is 0 Å². The number of rotatable bonds is 4. The molecular formula is C4H2F12N2O8S4Sc. The van der Waals surface area contributed by atoms with E-state index >= 15 is 0 Å². The molecule has 0 aliphatic carbocycles. The van der Waals surface area contributed by atoms with Crippen molar-refractivity contribution < 1.29 is 112 Å². The van der Waals surface area contributed by atoms with E-state index in [4.69, 9.17) is 0 Å². The Balaban J connectivity index is -0.000000490. The molecule has 0 bridgehead atoms. The van der Waals surface area contributed by atoms with Gasteiger partial charge in [0, 0.05) is 25.8 Å². The number of hydrogen-bond donors (Lipinski definition) is 2. The number of sulfonamides is 4. The van der Waals surface area contributed by atoms with Crippen molar-refractivity contribution >= 4 is 40.1 Å². The average molecular weight is 607 g/mol. The fourth-order valence-electron chi connectivity index (χ4n) is 0.478. The molecule has 0 heterocycles. The molecule has 0 aromatic rings. The van der Waals surface area contributed by atoms with Crippen LogP contribution in [0.2, 0.25) is 0 Å². The van der Waals surface area contributed by atoms with E-state index in [-0.39, 0.29) is 25.8 Å². The predicted molar refractivity (Wildman–Crippen MR) is 66.2 cm³/mol. The third-order valence-corrected chi connectivity index (χ3v) is 7.61. The summed E-state index contributed by atoms with van der Waals surface area (Å²) in [7, 11) is -26.4. The summed E-state index contributed by atoms with van der Waals surface area (Å²) in [6.07, 6.45) is 0. The van der Waals surface area contributed by atoms with Crippen molar-refractivity contribution in [2.45, 2.75) is 22.0 Å². The van der Waals surface area contributed by atoms with Crippen LogP contribution in [0.4, 0.5) is 52.7 Å². The summed E-state index contributed by atoms with van der Waals surface area (Å²) in [5, 5.41) is 0. The zero-order valence-corrected chi connectivity index (χ0v) is 18.1. The molecule has 10 nitrogen and oxygen atoms in total. The van der Waals surface area contributed by atoms with Crippen LogP contribution < -0.4 is 8.25 Å². The minimum atomic E-state index is -6.60. The van der Waals surface area contributed by atoms with Gasteiger partial charge in [0.05, 0.1) is 0 Å². The molecule has 0 saturated carbocycles. The SMILES string of the molecule is O=S(=O)(NS(=O)(=O)C(F)(F)F)C(F)(F)F.O=S(=O)(NS(=O)(=O)C(F)(F)F)C(F)(F)F.[Sc]. The van der Waals surface area contributed by atoms with Gasteiger partial charge in [-0.3, -0.25) is 0 Å². The molecule has 0 aromatic heterocycles. The first kappa shape index (κ1) is 35.3. The van der Waals surface area contributed by atoms with Crippen LogP contribution in [0, 0.1) is 0 Å². The third kappa shape index (κ3) is 10.0. The molecule has 0 fully saturated rings. The van der Waals surface area contributed by atoms with Crippen LogP contribution >= 0.6 is 0 Å². The maximum atomic E-state index is 11.5. The van der Waals surface area contributed by atoms with Gasteiger partial charge in [-0.15, -0.1) is 0 Å². The number of alkyl halides is 12. The topological polar surface area (TPSA) is 161 Å². The summed E-state index contributed by atoms with van der Waals surface area (Å²) in [6, 6.07) is 0. The summed E-state index contributed by atoms with van der Waals surface area (Å²) in [5.74, 6) is 0. The molecular weight excluding hydrogens is 605 g/mol. The van der Waals surface area contributed by atoms with Crippen LogP contribution in [0.25, 0.3) is 0 Å². The molecule has 1 radical (unpaired) electrons. The van der Waals surface area contributed by atoms with Gasteiger partial charge in [-0.25, -0.2) is 33.7 Å². The minimum Gasteiger partial charge on any atom is -0.202 e. The largest absolute Gasteiger partial charge is 0.512 e.